The highest BCUT2D eigenvalue weighted by molar-refractivity contribution is 7.99. The molecule has 0 fully saturated rings. The molecule has 0 heterocycles. The summed E-state index contributed by atoms with van der Waals surface area (Å²) in [7, 11) is 0. The predicted molar refractivity (Wildman–Crippen MR) is 77.2 cm³/mol. The van der Waals surface area contributed by atoms with Crippen molar-refractivity contribution in [3.63, 3.8) is 0 Å². The van der Waals surface area contributed by atoms with Gasteiger partial charge in [0.25, 0.3) is 0 Å². The molecule has 0 aromatic carbocycles. The van der Waals surface area contributed by atoms with Crippen LogP contribution in [-0.4, -0.2) is 68.1 Å². The van der Waals surface area contributed by atoms with E-state index >= 15 is 0 Å². The molecule has 0 aliphatic rings. The van der Waals surface area contributed by atoms with Gasteiger partial charge in [-0.25, -0.2) is 0 Å². The number of aliphatic hydroxyl groups excluding tert-OH is 5. The molecule has 0 amide bonds. The predicted octanol–water partition coefficient (Wildman–Crippen LogP) is 0.126. The van der Waals surface area contributed by atoms with Gasteiger partial charge in [0, 0.05) is 5.75 Å². The van der Waals surface area contributed by atoms with E-state index in [4.69, 9.17) is 10.2 Å². The van der Waals surface area contributed by atoms with Crippen LogP contribution in [0.25, 0.3) is 0 Å². The summed E-state index contributed by atoms with van der Waals surface area (Å²) in [4.78, 5) is 0. The summed E-state index contributed by atoms with van der Waals surface area (Å²) in [6, 6.07) is 0. The molecule has 0 spiro atoms. The molecule has 0 aromatic rings. The minimum absolute atomic E-state index is 0.310. The zero-order chi connectivity index (χ0) is 14.7. The molecule has 0 rings (SSSR count). The fourth-order valence-corrected chi connectivity index (χ4v) is 2.69. The molecule has 0 radical (unpaired) electrons. The van der Waals surface area contributed by atoms with E-state index in [0.29, 0.717) is 5.75 Å². The SMILES string of the molecule is CCCCCCCSC[C@H](O)[C@@H](O)[C@H](O)[C@H](O)CO. The van der Waals surface area contributed by atoms with E-state index in [1.807, 2.05) is 0 Å². The minimum Gasteiger partial charge on any atom is -0.394 e. The lowest BCUT2D eigenvalue weighted by molar-refractivity contribution is -0.109. The van der Waals surface area contributed by atoms with Crippen LogP contribution in [0.4, 0.5) is 0 Å². The van der Waals surface area contributed by atoms with Gasteiger partial charge in [0.05, 0.1) is 12.7 Å². The second-order valence-electron chi connectivity index (χ2n) is 4.79. The summed E-state index contributed by atoms with van der Waals surface area (Å²) in [5.74, 6) is 1.22. The van der Waals surface area contributed by atoms with Crippen LogP contribution in [-0.2, 0) is 0 Å². The standard InChI is InChI=1S/C13H28O5S/c1-2-3-4-5-6-7-19-9-11(16)13(18)12(17)10(15)8-14/h10-18H,2-9H2,1H3/t10-,11+,12-,13-/m1/s1. The Hall–Kier alpha value is 0.150. The monoisotopic (exact) mass is 296 g/mol. The van der Waals surface area contributed by atoms with Crippen LogP contribution in [0.3, 0.4) is 0 Å². The zero-order valence-electron chi connectivity index (χ0n) is 11.6. The smallest absolute Gasteiger partial charge is 0.111 e. The molecule has 0 aliphatic carbocycles. The third-order valence-electron chi connectivity index (χ3n) is 3.01. The minimum atomic E-state index is -1.52. The molecular weight excluding hydrogens is 268 g/mol. The first-order valence-electron chi connectivity index (χ1n) is 6.95. The molecule has 0 unspecified atom stereocenters. The molecule has 0 aromatic heterocycles. The Morgan fingerprint density at radius 3 is 2.00 bits per heavy atom. The van der Waals surface area contributed by atoms with Crippen LogP contribution in [0, 0.1) is 0 Å². The van der Waals surface area contributed by atoms with Crippen molar-refractivity contribution in [3.8, 4) is 0 Å². The van der Waals surface area contributed by atoms with Crippen molar-refractivity contribution in [1.29, 1.82) is 0 Å². The topological polar surface area (TPSA) is 101 Å². The van der Waals surface area contributed by atoms with Gasteiger partial charge in [0.2, 0.25) is 0 Å². The number of hydrogen-bond acceptors (Lipinski definition) is 6. The first kappa shape index (κ1) is 19.1. The van der Waals surface area contributed by atoms with E-state index in [9.17, 15) is 15.3 Å². The van der Waals surface area contributed by atoms with Crippen molar-refractivity contribution in [2.24, 2.45) is 0 Å². The molecule has 19 heavy (non-hydrogen) atoms. The fourth-order valence-electron chi connectivity index (χ4n) is 1.67. The van der Waals surface area contributed by atoms with Gasteiger partial charge >= 0.3 is 0 Å². The quantitative estimate of drug-likeness (QED) is 0.328. The van der Waals surface area contributed by atoms with E-state index < -0.39 is 31.0 Å². The lowest BCUT2D eigenvalue weighted by Gasteiger charge is -2.25. The average molecular weight is 296 g/mol. The summed E-state index contributed by atoms with van der Waals surface area (Å²) in [6.45, 7) is 1.52. The Balaban J connectivity index is 3.64. The van der Waals surface area contributed by atoms with Crippen LogP contribution in [0.15, 0.2) is 0 Å². The Kier molecular flexibility index (Phi) is 12.0. The van der Waals surface area contributed by atoms with Crippen LogP contribution in [0.5, 0.6) is 0 Å². The van der Waals surface area contributed by atoms with E-state index in [-0.39, 0.29) is 0 Å². The van der Waals surface area contributed by atoms with E-state index in [1.165, 1.54) is 37.4 Å². The number of hydrogen-bond donors (Lipinski definition) is 5. The number of rotatable bonds is 12. The molecule has 5 nitrogen and oxygen atoms in total. The van der Waals surface area contributed by atoms with Crippen LogP contribution in [0.1, 0.15) is 39.0 Å². The van der Waals surface area contributed by atoms with Gasteiger partial charge in [-0.3, -0.25) is 0 Å². The first-order chi connectivity index (χ1) is 9.04. The van der Waals surface area contributed by atoms with Crippen molar-refractivity contribution in [1.82, 2.24) is 0 Å². The van der Waals surface area contributed by atoms with E-state index in [0.717, 1.165) is 12.2 Å². The van der Waals surface area contributed by atoms with Crippen LogP contribution < -0.4 is 0 Å². The van der Waals surface area contributed by atoms with Crippen molar-refractivity contribution in [2.75, 3.05) is 18.1 Å². The largest absolute Gasteiger partial charge is 0.394 e. The van der Waals surface area contributed by atoms with Crippen molar-refractivity contribution < 1.29 is 25.5 Å². The molecule has 0 saturated heterocycles. The highest BCUT2D eigenvalue weighted by Gasteiger charge is 2.29. The van der Waals surface area contributed by atoms with Gasteiger partial charge in [0.1, 0.15) is 18.3 Å². The highest BCUT2D eigenvalue weighted by Crippen LogP contribution is 2.13. The van der Waals surface area contributed by atoms with Gasteiger partial charge in [-0.1, -0.05) is 32.6 Å². The number of unbranched alkanes of at least 4 members (excludes halogenated alkanes) is 4. The Labute approximate surface area is 119 Å². The third kappa shape index (κ3) is 8.83. The maximum atomic E-state index is 9.65. The lowest BCUT2D eigenvalue weighted by Crippen LogP contribution is -2.46. The number of thioether (sulfide) groups is 1. The maximum absolute atomic E-state index is 9.65. The van der Waals surface area contributed by atoms with Crippen molar-refractivity contribution >= 4 is 11.8 Å². The molecular formula is C13H28O5S. The van der Waals surface area contributed by atoms with E-state index in [1.54, 1.807) is 0 Å². The van der Waals surface area contributed by atoms with Gasteiger partial charge in [-0.15, -0.1) is 0 Å². The summed E-state index contributed by atoms with van der Waals surface area (Å²) >= 11 is 1.52. The highest BCUT2D eigenvalue weighted by atomic mass is 32.2. The Bertz CT molecular complexity index is 205. The normalized spacial score (nSPS) is 18.0. The lowest BCUT2D eigenvalue weighted by atomic mass is 10.0. The van der Waals surface area contributed by atoms with E-state index in [2.05, 4.69) is 6.92 Å². The molecule has 0 aliphatic heterocycles. The third-order valence-corrected chi connectivity index (χ3v) is 4.16. The van der Waals surface area contributed by atoms with Gasteiger partial charge in [0.15, 0.2) is 0 Å². The molecule has 4 atom stereocenters. The van der Waals surface area contributed by atoms with Crippen molar-refractivity contribution in [2.45, 2.75) is 63.4 Å². The summed E-state index contributed by atoms with van der Waals surface area (Å²) in [5.41, 5.74) is 0. The first-order valence-corrected chi connectivity index (χ1v) is 8.10. The fraction of sp³-hybridized carbons (Fsp3) is 1.00. The van der Waals surface area contributed by atoms with Crippen LogP contribution in [0.2, 0.25) is 0 Å². The maximum Gasteiger partial charge on any atom is 0.111 e. The molecule has 116 valence electrons. The summed E-state index contributed by atoms with van der Waals surface area (Å²) in [5, 5.41) is 46.5. The van der Waals surface area contributed by atoms with Crippen molar-refractivity contribution in [3.05, 3.63) is 0 Å². The second-order valence-corrected chi connectivity index (χ2v) is 5.94. The van der Waals surface area contributed by atoms with Gasteiger partial charge < -0.3 is 25.5 Å². The van der Waals surface area contributed by atoms with Gasteiger partial charge in [-0.2, -0.15) is 11.8 Å². The summed E-state index contributed by atoms with van der Waals surface area (Å²) < 4.78 is 0. The molecule has 0 saturated carbocycles. The molecule has 5 N–H and O–H groups in total. The molecule has 0 bridgehead atoms. The second kappa shape index (κ2) is 11.9. The summed E-state index contributed by atoms with van der Waals surface area (Å²) in [6.07, 6.45) is 0.449. The zero-order valence-corrected chi connectivity index (χ0v) is 12.4. The Morgan fingerprint density at radius 2 is 1.42 bits per heavy atom. The molecule has 6 heteroatoms. The van der Waals surface area contributed by atoms with Crippen LogP contribution >= 0.6 is 11.8 Å². The Morgan fingerprint density at radius 1 is 0.842 bits per heavy atom. The number of aliphatic hydroxyl groups is 5. The van der Waals surface area contributed by atoms with Gasteiger partial charge in [-0.05, 0) is 12.2 Å². The average Bonchev–Trinajstić information content (AvgIpc) is 2.43.